The third-order valence-corrected chi connectivity index (χ3v) is 3.24. The van der Waals surface area contributed by atoms with Gasteiger partial charge >= 0.3 is 0 Å². The fraction of sp³-hybridized carbons (Fsp3) is 0.778. The van der Waals surface area contributed by atoms with Crippen molar-refractivity contribution in [3.63, 3.8) is 0 Å². The molecule has 1 aliphatic rings. The Morgan fingerprint density at radius 3 is 2.86 bits per heavy atom. The number of hydrogen-bond donors (Lipinski definition) is 1. The zero-order chi connectivity index (χ0) is 10.6. The van der Waals surface area contributed by atoms with E-state index in [1.54, 1.807) is 6.19 Å². The van der Waals surface area contributed by atoms with Crippen LogP contribution in [-0.2, 0) is 0 Å². The molecule has 1 N–H and O–H groups in total. The molecule has 1 fully saturated rings. The van der Waals surface area contributed by atoms with Crippen molar-refractivity contribution in [3.05, 3.63) is 0 Å². The Hall–Kier alpha value is -0.730. The van der Waals surface area contributed by atoms with Crippen molar-refractivity contribution in [3.8, 4) is 6.19 Å². The molecule has 1 heterocycles. The van der Waals surface area contributed by atoms with Crippen molar-refractivity contribution in [2.75, 3.05) is 19.3 Å². The molecule has 0 aromatic heterocycles. The van der Waals surface area contributed by atoms with Crippen molar-refractivity contribution < 1.29 is 5.11 Å². The molecule has 5 heteroatoms. The monoisotopic (exact) mass is 213 g/mol. The quantitative estimate of drug-likeness (QED) is 0.399. The largest absolute Gasteiger partial charge is 0.391 e. The maximum atomic E-state index is 9.68. The van der Waals surface area contributed by atoms with Crippen molar-refractivity contribution in [2.24, 2.45) is 10.9 Å². The van der Waals surface area contributed by atoms with Gasteiger partial charge in [0.05, 0.1) is 6.10 Å². The number of thioether (sulfide) groups is 1. The van der Waals surface area contributed by atoms with E-state index in [-0.39, 0.29) is 6.10 Å². The van der Waals surface area contributed by atoms with Crippen LogP contribution in [0, 0.1) is 17.4 Å². The van der Waals surface area contributed by atoms with Gasteiger partial charge in [0.2, 0.25) is 6.19 Å². The van der Waals surface area contributed by atoms with Crippen LogP contribution in [0.2, 0.25) is 0 Å². The number of aliphatic hydroxyl groups excluding tert-OH is 1. The molecule has 0 amide bonds. The second-order valence-corrected chi connectivity index (χ2v) is 4.11. The topological polar surface area (TPSA) is 59.6 Å². The molecule has 0 spiro atoms. The molecule has 2 unspecified atom stereocenters. The summed E-state index contributed by atoms with van der Waals surface area (Å²) in [4.78, 5) is 5.71. The van der Waals surface area contributed by atoms with E-state index in [0.29, 0.717) is 17.6 Å². The second-order valence-electron chi connectivity index (χ2n) is 3.34. The number of hydrogen-bond acceptors (Lipinski definition) is 4. The first kappa shape index (κ1) is 11.3. The number of amidine groups is 1. The van der Waals surface area contributed by atoms with Crippen LogP contribution in [0.25, 0.3) is 0 Å². The van der Waals surface area contributed by atoms with Gasteiger partial charge in [0.1, 0.15) is 0 Å². The van der Waals surface area contributed by atoms with E-state index in [1.807, 2.05) is 11.2 Å². The van der Waals surface area contributed by atoms with Crippen molar-refractivity contribution in [1.29, 1.82) is 5.26 Å². The van der Waals surface area contributed by atoms with Gasteiger partial charge in [-0.15, -0.1) is 4.99 Å². The Balaban J connectivity index is 2.64. The van der Waals surface area contributed by atoms with Crippen LogP contribution < -0.4 is 0 Å². The van der Waals surface area contributed by atoms with Gasteiger partial charge in [0, 0.05) is 19.0 Å². The first-order valence-electron chi connectivity index (χ1n) is 4.66. The Morgan fingerprint density at radius 1 is 1.71 bits per heavy atom. The van der Waals surface area contributed by atoms with E-state index in [1.165, 1.54) is 11.8 Å². The highest BCUT2D eigenvalue weighted by Crippen LogP contribution is 2.22. The smallest absolute Gasteiger partial charge is 0.208 e. The minimum atomic E-state index is -0.281. The first-order valence-corrected chi connectivity index (χ1v) is 5.89. The highest BCUT2D eigenvalue weighted by Gasteiger charge is 2.31. The molecule has 0 radical (unpaired) electrons. The van der Waals surface area contributed by atoms with Crippen LogP contribution in [0.1, 0.15) is 13.3 Å². The summed E-state index contributed by atoms with van der Waals surface area (Å²) in [5.74, 6) is 0.311. The molecule has 0 aliphatic carbocycles. The SMILES string of the molecule is CCC1CN(C(=NC#N)SC)CC1O. The van der Waals surface area contributed by atoms with Gasteiger partial charge in [-0.3, -0.25) is 0 Å². The Labute approximate surface area is 88.6 Å². The molecule has 0 aromatic rings. The number of aliphatic hydroxyl groups is 1. The van der Waals surface area contributed by atoms with Crippen molar-refractivity contribution >= 4 is 16.9 Å². The first-order chi connectivity index (χ1) is 6.72. The minimum absolute atomic E-state index is 0.281. The van der Waals surface area contributed by atoms with E-state index >= 15 is 0 Å². The molecule has 1 saturated heterocycles. The Morgan fingerprint density at radius 2 is 2.43 bits per heavy atom. The average Bonchev–Trinajstić information content (AvgIpc) is 2.56. The van der Waals surface area contributed by atoms with E-state index in [0.717, 1.165) is 13.0 Å². The molecule has 0 bridgehead atoms. The van der Waals surface area contributed by atoms with E-state index in [4.69, 9.17) is 5.26 Å². The van der Waals surface area contributed by atoms with Gasteiger partial charge in [0.15, 0.2) is 5.17 Å². The molecule has 4 nitrogen and oxygen atoms in total. The zero-order valence-corrected chi connectivity index (χ0v) is 9.29. The second kappa shape index (κ2) is 5.23. The van der Waals surface area contributed by atoms with Gasteiger partial charge in [-0.05, 0) is 12.7 Å². The zero-order valence-electron chi connectivity index (χ0n) is 8.47. The highest BCUT2D eigenvalue weighted by molar-refractivity contribution is 8.13. The van der Waals surface area contributed by atoms with Crippen molar-refractivity contribution in [2.45, 2.75) is 19.4 Å². The minimum Gasteiger partial charge on any atom is -0.391 e. The fourth-order valence-corrected chi connectivity index (χ4v) is 2.24. The maximum Gasteiger partial charge on any atom is 0.208 e. The summed E-state index contributed by atoms with van der Waals surface area (Å²) in [6, 6.07) is 0. The number of nitriles is 1. The Kier molecular flexibility index (Phi) is 4.23. The van der Waals surface area contributed by atoms with Crippen LogP contribution in [-0.4, -0.2) is 40.6 Å². The maximum absolute atomic E-state index is 9.68. The molecular weight excluding hydrogens is 198 g/mol. The molecule has 0 saturated carbocycles. The molecule has 78 valence electrons. The predicted octanol–water partition coefficient (Wildman–Crippen LogP) is 0.889. The van der Waals surface area contributed by atoms with E-state index in [2.05, 4.69) is 11.9 Å². The predicted molar refractivity (Wildman–Crippen MR) is 57.9 cm³/mol. The van der Waals surface area contributed by atoms with Gasteiger partial charge in [-0.2, -0.15) is 5.26 Å². The Bertz CT molecular complexity index is 261. The van der Waals surface area contributed by atoms with Crippen LogP contribution in [0.5, 0.6) is 0 Å². The molecule has 14 heavy (non-hydrogen) atoms. The van der Waals surface area contributed by atoms with Crippen LogP contribution in [0.4, 0.5) is 0 Å². The molecule has 1 rings (SSSR count). The summed E-state index contributed by atoms with van der Waals surface area (Å²) < 4.78 is 0. The summed E-state index contributed by atoms with van der Waals surface area (Å²) >= 11 is 1.45. The van der Waals surface area contributed by atoms with E-state index < -0.39 is 0 Å². The summed E-state index contributed by atoms with van der Waals surface area (Å²) in [5.41, 5.74) is 0. The lowest BCUT2D eigenvalue weighted by molar-refractivity contribution is 0.143. The summed E-state index contributed by atoms with van der Waals surface area (Å²) in [6.07, 6.45) is 4.36. The van der Waals surface area contributed by atoms with Gasteiger partial charge in [-0.25, -0.2) is 0 Å². The average molecular weight is 213 g/mol. The lowest BCUT2D eigenvalue weighted by Crippen LogP contribution is -2.27. The summed E-state index contributed by atoms with van der Waals surface area (Å²) in [6.45, 7) is 3.47. The van der Waals surface area contributed by atoms with Crippen molar-refractivity contribution in [1.82, 2.24) is 4.90 Å². The molecule has 0 aromatic carbocycles. The number of β-amino-alcohol motifs (C(OH)–C–C–N with tert-alkyl or cyclic N) is 1. The normalized spacial score (nSPS) is 27.9. The summed E-state index contributed by atoms with van der Waals surface area (Å²) in [5, 5.41) is 18.9. The fourth-order valence-electron chi connectivity index (χ4n) is 1.70. The number of nitrogens with zero attached hydrogens (tertiary/aromatic N) is 3. The lowest BCUT2D eigenvalue weighted by Gasteiger charge is -2.16. The number of likely N-dealkylation sites (tertiary alicyclic amines) is 1. The number of aliphatic imine (C=N–C) groups is 1. The number of rotatable bonds is 1. The van der Waals surface area contributed by atoms with Crippen LogP contribution in [0.15, 0.2) is 4.99 Å². The summed E-state index contributed by atoms with van der Waals surface area (Å²) in [7, 11) is 0. The van der Waals surface area contributed by atoms with Gasteiger partial charge in [0.25, 0.3) is 0 Å². The van der Waals surface area contributed by atoms with Crippen LogP contribution in [0.3, 0.4) is 0 Å². The third-order valence-electron chi connectivity index (χ3n) is 2.53. The third kappa shape index (κ3) is 2.40. The van der Waals surface area contributed by atoms with Crippen LogP contribution >= 0.6 is 11.8 Å². The molecule has 2 atom stereocenters. The standard InChI is InChI=1S/C9H15N3OS/c1-3-7-4-12(5-8(7)13)9(14-2)11-6-10/h7-8,13H,3-5H2,1-2H3. The molecule has 1 aliphatic heterocycles. The molecular formula is C9H15N3OS. The lowest BCUT2D eigenvalue weighted by atomic mass is 10.0. The van der Waals surface area contributed by atoms with Gasteiger partial charge < -0.3 is 10.0 Å². The van der Waals surface area contributed by atoms with E-state index in [9.17, 15) is 5.11 Å². The highest BCUT2D eigenvalue weighted by atomic mass is 32.2. The van der Waals surface area contributed by atoms with Gasteiger partial charge in [-0.1, -0.05) is 18.7 Å².